The summed E-state index contributed by atoms with van der Waals surface area (Å²) in [7, 11) is 1.58. The number of nitrogens with one attached hydrogen (secondary N) is 1. The molecule has 3 aromatic rings. The van der Waals surface area contributed by atoms with E-state index in [0.717, 1.165) is 66.6 Å². The number of nitrogens with zero attached hydrogens (tertiary/aromatic N) is 2. The summed E-state index contributed by atoms with van der Waals surface area (Å²) in [6.45, 7) is 2.40. The van der Waals surface area contributed by atoms with Crippen LogP contribution in [0.4, 0.5) is 0 Å². The topological polar surface area (TPSA) is 70.6 Å². The van der Waals surface area contributed by atoms with Crippen molar-refractivity contribution >= 4 is 11.6 Å². The number of aromatic amines is 1. The van der Waals surface area contributed by atoms with Crippen molar-refractivity contribution in [2.75, 3.05) is 26.9 Å². The second kappa shape index (κ2) is 9.85. The fourth-order valence-corrected chi connectivity index (χ4v) is 5.18. The van der Waals surface area contributed by atoms with Gasteiger partial charge in [-0.15, -0.1) is 0 Å². The Labute approximate surface area is 199 Å². The van der Waals surface area contributed by atoms with Crippen molar-refractivity contribution in [1.29, 1.82) is 0 Å². The SMILES string of the molecule is COCC(O)COc1ccc2c(c1)CC(N1CCc3nc(-c4ccccc4Cl)[nH]c3C1)CC2. The molecule has 1 aliphatic heterocycles. The van der Waals surface area contributed by atoms with E-state index in [9.17, 15) is 5.11 Å². The number of H-pyrrole nitrogens is 1. The largest absolute Gasteiger partial charge is 0.491 e. The number of imidazole rings is 1. The molecule has 0 spiro atoms. The average molecular weight is 468 g/mol. The van der Waals surface area contributed by atoms with Crippen LogP contribution in [0, 0.1) is 0 Å². The first-order valence-corrected chi connectivity index (χ1v) is 12.0. The Morgan fingerprint density at radius 3 is 2.91 bits per heavy atom. The maximum absolute atomic E-state index is 9.86. The number of methoxy groups -OCH3 is 1. The predicted octanol–water partition coefficient (Wildman–Crippen LogP) is 4.03. The Morgan fingerprint density at radius 2 is 2.06 bits per heavy atom. The summed E-state index contributed by atoms with van der Waals surface area (Å²) in [6.07, 6.45) is 3.56. The van der Waals surface area contributed by atoms with Crippen LogP contribution < -0.4 is 4.74 Å². The lowest BCUT2D eigenvalue weighted by Gasteiger charge is -2.37. The highest BCUT2D eigenvalue weighted by atomic mass is 35.5. The van der Waals surface area contributed by atoms with E-state index in [0.29, 0.717) is 6.04 Å². The second-order valence-corrected chi connectivity index (χ2v) is 9.37. The molecule has 6 nitrogen and oxygen atoms in total. The van der Waals surface area contributed by atoms with Gasteiger partial charge < -0.3 is 19.6 Å². The monoisotopic (exact) mass is 467 g/mol. The summed E-state index contributed by atoms with van der Waals surface area (Å²) >= 11 is 6.39. The number of ether oxygens (including phenoxy) is 2. The Bertz CT molecular complexity index is 1120. The molecule has 0 amide bonds. The molecule has 174 valence electrons. The molecule has 2 heterocycles. The van der Waals surface area contributed by atoms with Crippen LogP contribution in [0.15, 0.2) is 42.5 Å². The molecule has 0 saturated heterocycles. The third-order valence-corrected chi connectivity index (χ3v) is 7.02. The van der Waals surface area contributed by atoms with Crippen LogP contribution in [0.2, 0.25) is 5.02 Å². The smallest absolute Gasteiger partial charge is 0.139 e. The van der Waals surface area contributed by atoms with Crippen molar-refractivity contribution < 1.29 is 14.6 Å². The van der Waals surface area contributed by atoms with Gasteiger partial charge in [0.05, 0.1) is 23.0 Å². The molecule has 0 radical (unpaired) electrons. The minimum absolute atomic E-state index is 0.235. The summed E-state index contributed by atoms with van der Waals surface area (Å²) in [4.78, 5) is 11.0. The molecule has 2 N–H and O–H groups in total. The molecular formula is C26H30ClN3O3. The molecule has 2 atom stereocenters. The van der Waals surface area contributed by atoms with Gasteiger partial charge in [0.15, 0.2) is 0 Å². The third kappa shape index (κ3) is 4.94. The van der Waals surface area contributed by atoms with Gasteiger partial charge in [0.2, 0.25) is 0 Å². The van der Waals surface area contributed by atoms with Gasteiger partial charge in [-0.1, -0.05) is 29.8 Å². The number of aliphatic hydroxyl groups excluding tert-OH is 1. The Kier molecular flexibility index (Phi) is 6.69. The van der Waals surface area contributed by atoms with Crippen molar-refractivity contribution in [2.24, 2.45) is 0 Å². The molecule has 0 bridgehead atoms. The van der Waals surface area contributed by atoms with Gasteiger partial charge in [0, 0.05) is 38.2 Å². The highest BCUT2D eigenvalue weighted by molar-refractivity contribution is 6.33. The molecule has 2 aliphatic rings. The van der Waals surface area contributed by atoms with E-state index in [1.807, 2.05) is 30.3 Å². The fraction of sp³-hybridized carbons (Fsp3) is 0.423. The number of aromatic nitrogens is 2. The molecular weight excluding hydrogens is 438 g/mol. The molecule has 1 aliphatic carbocycles. The number of aliphatic hydroxyl groups is 1. The molecule has 2 aromatic carbocycles. The van der Waals surface area contributed by atoms with Crippen molar-refractivity contribution in [3.8, 4) is 17.1 Å². The van der Waals surface area contributed by atoms with Gasteiger partial charge in [0.1, 0.15) is 24.3 Å². The first kappa shape index (κ1) is 22.4. The van der Waals surface area contributed by atoms with E-state index in [1.54, 1.807) is 7.11 Å². The number of aryl methyl sites for hydroxylation is 1. The van der Waals surface area contributed by atoms with Crippen LogP contribution >= 0.6 is 11.6 Å². The first-order valence-electron chi connectivity index (χ1n) is 11.6. The average Bonchev–Trinajstić information content (AvgIpc) is 3.26. The van der Waals surface area contributed by atoms with Gasteiger partial charge in [-0.3, -0.25) is 4.90 Å². The molecule has 1 aromatic heterocycles. The number of hydrogen-bond acceptors (Lipinski definition) is 5. The molecule has 0 fully saturated rings. The summed E-state index contributed by atoms with van der Waals surface area (Å²) in [5.74, 6) is 1.67. The van der Waals surface area contributed by atoms with Gasteiger partial charge in [-0.2, -0.15) is 0 Å². The van der Waals surface area contributed by atoms with E-state index in [-0.39, 0.29) is 13.2 Å². The van der Waals surface area contributed by atoms with Gasteiger partial charge >= 0.3 is 0 Å². The predicted molar refractivity (Wildman–Crippen MR) is 129 cm³/mol. The lowest BCUT2D eigenvalue weighted by molar-refractivity contribution is 0.0325. The number of rotatable bonds is 7. The van der Waals surface area contributed by atoms with E-state index in [2.05, 4.69) is 22.0 Å². The van der Waals surface area contributed by atoms with Gasteiger partial charge in [-0.05, 0) is 54.7 Å². The summed E-state index contributed by atoms with van der Waals surface area (Å²) in [5, 5.41) is 10.6. The number of halogens is 1. The van der Waals surface area contributed by atoms with E-state index in [1.165, 1.54) is 16.8 Å². The van der Waals surface area contributed by atoms with Crippen LogP contribution in [0.5, 0.6) is 5.75 Å². The Morgan fingerprint density at radius 1 is 1.18 bits per heavy atom. The van der Waals surface area contributed by atoms with Crippen LogP contribution in [-0.4, -0.2) is 59.0 Å². The molecule has 5 rings (SSSR count). The van der Waals surface area contributed by atoms with Crippen molar-refractivity contribution in [2.45, 2.75) is 44.4 Å². The molecule has 0 saturated carbocycles. The minimum Gasteiger partial charge on any atom is -0.491 e. The number of fused-ring (bicyclic) bond motifs is 2. The van der Waals surface area contributed by atoms with Crippen LogP contribution in [-0.2, 0) is 30.5 Å². The third-order valence-electron chi connectivity index (χ3n) is 6.69. The summed E-state index contributed by atoms with van der Waals surface area (Å²) in [6, 6.07) is 14.7. The summed E-state index contributed by atoms with van der Waals surface area (Å²) < 4.78 is 10.8. The van der Waals surface area contributed by atoms with E-state index in [4.69, 9.17) is 26.1 Å². The fourth-order valence-electron chi connectivity index (χ4n) is 4.96. The van der Waals surface area contributed by atoms with Crippen LogP contribution in [0.1, 0.15) is 28.9 Å². The van der Waals surface area contributed by atoms with Gasteiger partial charge in [-0.25, -0.2) is 4.98 Å². The highest BCUT2D eigenvalue weighted by Gasteiger charge is 2.29. The minimum atomic E-state index is -0.619. The quantitative estimate of drug-likeness (QED) is 0.549. The van der Waals surface area contributed by atoms with Crippen molar-refractivity contribution in [3.05, 3.63) is 70.0 Å². The first-order chi connectivity index (χ1) is 16.1. The van der Waals surface area contributed by atoms with E-state index < -0.39 is 6.10 Å². The summed E-state index contributed by atoms with van der Waals surface area (Å²) in [5.41, 5.74) is 6.05. The zero-order chi connectivity index (χ0) is 22.8. The highest BCUT2D eigenvalue weighted by Crippen LogP contribution is 2.32. The Balaban J connectivity index is 1.26. The van der Waals surface area contributed by atoms with Crippen molar-refractivity contribution in [3.63, 3.8) is 0 Å². The number of hydrogen-bond donors (Lipinski definition) is 2. The lowest BCUT2D eigenvalue weighted by atomic mass is 9.86. The maximum Gasteiger partial charge on any atom is 0.139 e. The second-order valence-electron chi connectivity index (χ2n) is 8.96. The lowest BCUT2D eigenvalue weighted by Crippen LogP contribution is -2.42. The normalized spacial score (nSPS) is 19.1. The molecule has 2 unspecified atom stereocenters. The maximum atomic E-state index is 9.86. The Hall–Kier alpha value is -2.38. The number of benzene rings is 2. The molecule has 7 heteroatoms. The molecule has 33 heavy (non-hydrogen) atoms. The van der Waals surface area contributed by atoms with Gasteiger partial charge in [0.25, 0.3) is 0 Å². The zero-order valence-electron chi connectivity index (χ0n) is 18.9. The van der Waals surface area contributed by atoms with Crippen LogP contribution in [0.25, 0.3) is 11.4 Å². The van der Waals surface area contributed by atoms with Crippen LogP contribution in [0.3, 0.4) is 0 Å². The van der Waals surface area contributed by atoms with Crippen molar-refractivity contribution in [1.82, 2.24) is 14.9 Å². The van der Waals surface area contributed by atoms with E-state index >= 15 is 0 Å². The zero-order valence-corrected chi connectivity index (χ0v) is 19.6. The standard InChI is InChI=1S/C26H30ClN3O3/c1-32-15-20(31)16-33-21-9-7-17-6-8-19(12-18(17)13-21)30-11-10-24-25(14-30)29-26(28-24)22-4-2-3-5-23(22)27/h2-5,7,9,13,19-20,31H,6,8,10-12,14-16H2,1H3,(H,28,29).